The number of nitrogens with zero attached hydrogens (tertiary/aromatic N) is 3. The summed E-state index contributed by atoms with van der Waals surface area (Å²) in [5, 5.41) is 7.44. The minimum Gasteiger partial charge on any atom is -0.345 e. The second kappa shape index (κ2) is 5.40. The van der Waals surface area contributed by atoms with E-state index in [-0.39, 0.29) is 11.9 Å². The van der Waals surface area contributed by atoms with Crippen LogP contribution in [0.1, 0.15) is 34.6 Å². The van der Waals surface area contributed by atoms with Gasteiger partial charge in [-0.15, -0.1) is 0 Å². The molecule has 2 heterocycles. The van der Waals surface area contributed by atoms with Crippen molar-refractivity contribution in [3.8, 4) is 0 Å². The van der Waals surface area contributed by atoms with Crippen molar-refractivity contribution in [2.24, 2.45) is 7.05 Å². The lowest BCUT2D eigenvalue weighted by molar-refractivity contribution is 0.0939. The summed E-state index contributed by atoms with van der Waals surface area (Å²) >= 11 is 5.97. The molecule has 0 aliphatic carbocycles. The third-order valence-electron chi connectivity index (χ3n) is 3.10. The van der Waals surface area contributed by atoms with Crippen molar-refractivity contribution < 1.29 is 4.79 Å². The van der Waals surface area contributed by atoms with E-state index in [0.29, 0.717) is 10.6 Å². The van der Waals surface area contributed by atoms with Crippen LogP contribution in [0.2, 0.25) is 5.02 Å². The number of carbonyl (C=O) groups excluding carboxylic acids is 1. The molecule has 2 rings (SSSR count). The Balaban J connectivity index is 2.16. The fraction of sp³-hybridized carbons (Fsp3) is 0.308. The van der Waals surface area contributed by atoms with E-state index in [1.807, 2.05) is 20.9 Å². The molecule has 1 amide bonds. The van der Waals surface area contributed by atoms with Gasteiger partial charge in [-0.2, -0.15) is 5.10 Å². The van der Waals surface area contributed by atoms with Gasteiger partial charge >= 0.3 is 0 Å². The fourth-order valence-corrected chi connectivity index (χ4v) is 2.03. The normalized spacial score (nSPS) is 12.2. The number of aryl methyl sites for hydroxylation is 1. The van der Waals surface area contributed by atoms with Gasteiger partial charge in [-0.05, 0) is 19.9 Å². The lowest BCUT2D eigenvalue weighted by Crippen LogP contribution is -2.27. The lowest BCUT2D eigenvalue weighted by atomic mass is 10.1. The minimum atomic E-state index is -0.242. The highest BCUT2D eigenvalue weighted by molar-refractivity contribution is 6.33. The number of hydrogen-bond acceptors (Lipinski definition) is 3. The van der Waals surface area contributed by atoms with Crippen molar-refractivity contribution in [2.75, 3.05) is 0 Å². The van der Waals surface area contributed by atoms with E-state index < -0.39 is 0 Å². The molecule has 1 atom stereocenters. The molecule has 0 aliphatic rings. The molecule has 0 fully saturated rings. The van der Waals surface area contributed by atoms with Crippen molar-refractivity contribution in [1.82, 2.24) is 20.1 Å². The number of rotatable bonds is 3. The number of amides is 1. The fourth-order valence-electron chi connectivity index (χ4n) is 1.84. The van der Waals surface area contributed by atoms with E-state index in [9.17, 15) is 4.79 Å². The Kier molecular flexibility index (Phi) is 3.85. The van der Waals surface area contributed by atoms with Crippen molar-refractivity contribution in [3.05, 3.63) is 46.5 Å². The van der Waals surface area contributed by atoms with Gasteiger partial charge in [0.05, 0.1) is 22.8 Å². The van der Waals surface area contributed by atoms with Crippen LogP contribution >= 0.6 is 11.6 Å². The predicted octanol–water partition coefficient (Wildman–Crippen LogP) is 2.27. The molecule has 100 valence electrons. The van der Waals surface area contributed by atoms with E-state index in [0.717, 1.165) is 11.3 Å². The van der Waals surface area contributed by atoms with E-state index in [1.54, 1.807) is 23.1 Å². The zero-order valence-corrected chi connectivity index (χ0v) is 11.8. The summed E-state index contributed by atoms with van der Waals surface area (Å²) in [5.74, 6) is -0.242. The molecular formula is C13H15ClN4O. The molecule has 0 bridgehead atoms. The molecule has 0 spiro atoms. The summed E-state index contributed by atoms with van der Waals surface area (Å²) < 4.78 is 1.77. The first-order chi connectivity index (χ1) is 9.00. The molecule has 0 radical (unpaired) electrons. The second-order valence-electron chi connectivity index (χ2n) is 4.36. The summed E-state index contributed by atoms with van der Waals surface area (Å²) in [5.41, 5.74) is 2.37. The van der Waals surface area contributed by atoms with Crippen LogP contribution in [0.3, 0.4) is 0 Å². The highest BCUT2D eigenvalue weighted by Crippen LogP contribution is 2.18. The Morgan fingerprint density at radius 1 is 1.47 bits per heavy atom. The topological polar surface area (TPSA) is 59.8 Å². The molecule has 5 nitrogen and oxygen atoms in total. The van der Waals surface area contributed by atoms with Crippen LogP contribution in [0, 0.1) is 6.92 Å². The van der Waals surface area contributed by atoms with Crippen LogP contribution in [0.5, 0.6) is 0 Å². The van der Waals surface area contributed by atoms with Gasteiger partial charge in [-0.3, -0.25) is 14.5 Å². The first-order valence-corrected chi connectivity index (χ1v) is 6.27. The molecule has 1 unspecified atom stereocenters. The second-order valence-corrected chi connectivity index (χ2v) is 4.77. The Labute approximate surface area is 116 Å². The van der Waals surface area contributed by atoms with Crippen LogP contribution in [0.4, 0.5) is 0 Å². The van der Waals surface area contributed by atoms with Gasteiger partial charge in [-0.25, -0.2) is 0 Å². The Morgan fingerprint density at radius 3 is 2.79 bits per heavy atom. The molecular weight excluding hydrogens is 264 g/mol. The molecule has 0 aliphatic heterocycles. The van der Waals surface area contributed by atoms with Gasteiger partial charge < -0.3 is 5.32 Å². The lowest BCUT2D eigenvalue weighted by Gasteiger charge is -2.14. The van der Waals surface area contributed by atoms with Crippen LogP contribution in [0.25, 0.3) is 0 Å². The van der Waals surface area contributed by atoms with Gasteiger partial charge in [0.25, 0.3) is 5.91 Å². The van der Waals surface area contributed by atoms with Gasteiger partial charge in [-0.1, -0.05) is 11.6 Å². The number of halogens is 1. The largest absolute Gasteiger partial charge is 0.345 e. The summed E-state index contributed by atoms with van der Waals surface area (Å²) in [7, 11) is 1.87. The summed E-state index contributed by atoms with van der Waals surface area (Å²) in [6.07, 6.45) is 4.76. The SMILES string of the molecule is Cc1c(C(C)NC(=O)c2cnccc2Cl)cnn1C. The first-order valence-electron chi connectivity index (χ1n) is 5.89. The molecule has 0 aromatic carbocycles. The zero-order valence-electron chi connectivity index (χ0n) is 11.0. The maximum atomic E-state index is 12.1. The Bertz CT molecular complexity index is 608. The molecule has 1 N–H and O–H groups in total. The standard InChI is InChI=1S/C13H15ClN4O/c1-8(10-7-16-18(3)9(10)2)17-13(19)11-6-15-5-4-12(11)14/h4-8H,1-3H3,(H,17,19). The first kappa shape index (κ1) is 13.5. The van der Waals surface area contributed by atoms with E-state index >= 15 is 0 Å². The van der Waals surface area contributed by atoms with Crippen molar-refractivity contribution in [2.45, 2.75) is 19.9 Å². The smallest absolute Gasteiger partial charge is 0.254 e. The molecule has 19 heavy (non-hydrogen) atoms. The highest BCUT2D eigenvalue weighted by atomic mass is 35.5. The number of carbonyl (C=O) groups is 1. The van der Waals surface area contributed by atoms with E-state index in [2.05, 4.69) is 15.4 Å². The summed E-state index contributed by atoms with van der Waals surface area (Å²) in [4.78, 5) is 16.0. The minimum absolute atomic E-state index is 0.141. The Morgan fingerprint density at radius 2 is 2.21 bits per heavy atom. The number of pyridine rings is 1. The molecule has 0 saturated heterocycles. The number of hydrogen-bond donors (Lipinski definition) is 1. The van der Waals surface area contributed by atoms with Gasteiger partial charge in [0, 0.05) is 30.7 Å². The quantitative estimate of drug-likeness (QED) is 0.937. The highest BCUT2D eigenvalue weighted by Gasteiger charge is 2.17. The molecule has 2 aromatic rings. The third kappa shape index (κ3) is 2.76. The van der Waals surface area contributed by atoms with E-state index in [4.69, 9.17) is 11.6 Å². The average molecular weight is 279 g/mol. The van der Waals surface area contributed by atoms with Crippen molar-refractivity contribution >= 4 is 17.5 Å². The van der Waals surface area contributed by atoms with Crippen LogP contribution in [-0.2, 0) is 7.05 Å². The van der Waals surface area contributed by atoms with Crippen LogP contribution < -0.4 is 5.32 Å². The third-order valence-corrected chi connectivity index (χ3v) is 3.43. The van der Waals surface area contributed by atoms with Crippen LogP contribution in [-0.4, -0.2) is 20.7 Å². The van der Waals surface area contributed by atoms with Gasteiger partial charge in [0.2, 0.25) is 0 Å². The van der Waals surface area contributed by atoms with E-state index in [1.165, 1.54) is 6.20 Å². The summed E-state index contributed by atoms with van der Waals surface area (Å²) in [6, 6.07) is 1.45. The van der Waals surface area contributed by atoms with Gasteiger partial charge in [0.15, 0.2) is 0 Å². The molecule has 6 heteroatoms. The maximum Gasteiger partial charge on any atom is 0.254 e. The Hall–Kier alpha value is -1.88. The molecule has 2 aromatic heterocycles. The van der Waals surface area contributed by atoms with Gasteiger partial charge in [0.1, 0.15) is 0 Å². The number of nitrogens with one attached hydrogen (secondary N) is 1. The molecule has 0 saturated carbocycles. The monoisotopic (exact) mass is 278 g/mol. The van der Waals surface area contributed by atoms with Crippen molar-refractivity contribution in [3.63, 3.8) is 0 Å². The predicted molar refractivity (Wildman–Crippen MR) is 73.1 cm³/mol. The van der Waals surface area contributed by atoms with Crippen molar-refractivity contribution in [1.29, 1.82) is 0 Å². The van der Waals surface area contributed by atoms with Crippen LogP contribution in [0.15, 0.2) is 24.7 Å². The summed E-state index contributed by atoms with van der Waals surface area (Å²) in [6.45, 7) is 3.87. The maximum absolute atomic E-state index is 12.1. The zero-order chi connectivity index (χ0) is 14.0. The average Bonchev–Trinajstić information content (AvgIpc) is 2.70. The number of aromatic nitrogens is 3.